The Kier molecular flexibility index (Phi) is 6.65. The number of carbonyl (C=O) groups excluding carboxylic acids is 1. The Morgan fingerprint density at radius 1 is 1.20 bits per heavy atom. The summed E-state index contributed by atoms with van der Waals surface area (Å²) in [6.45, 7) is 1.84. The number of nitrogens with one attached hydrogen (secondary N) is 2. The maximum absolute atomic E-state index is 14.1. The number of halogens is 2. The first-order valence-corrected chi connectivity index (χ1v) is 12.5. The Balaban J connectivity index is 1.50. The van der Waals surface area contributed by atoms with Crippen molar-refractivity contribution in [3.05, 3.63) is 106 Å². The van der Waals surface area contributed by atoms with Crippen LogP contribution in [-0.4, -0.2) is 25.7 Å². The fourth-order valence-corrected chi connectivity index (χ4v) is 5.10. The summed E-state index contributed by atoms with van der Waals surface area (Å²) in [6, 6.07) is 17.4. The van der Waals surface area contributed by atoms with Crippen LogP contribution in [0, 0.1) is 5.82 Å². The molecule has 1 aliphatic heterocycles. The van der Waals surface area contributed by atoms with Gasteiger partial charge in [0.2, 0.25) is 11.1 Å². The summed E-state index contributed by atoms with van der Waals surface area (Å²) in [6.07, 6.45) is 3.24. The van der Waals surface area contributed by atoms with Crippen LogP contribution in [0.15, 0.2) is 94.0 Å². The lowest BCUT2D eigenvalue weighted by Crippen LogP contribution is -2.31. The first-order valence-electron chi connectivity index (χ1n) is 10.8. The number of benzene rings is 2. The van der Waals surface area contributed by atoms with Crippen LogP contribution < -0.4 is 10.6 Å². The molecule has 0 spiro atoms. The van der Waals surface area contributed by atoms with Gasteiger partial charge in [0.1, 0.15) is 11.9 Å². The van der Waals surface area contributed by atoms with E-state index in [1.807, 2.05) is 31.2 Å². The summed E-state index contributed by atoms with van der Waals surface area (Å²) >= 11 is 4.87. The Hall–Kier alpha value is -3.50. The first kappa shape index (κ1) is 23.3. The molecule has 0 saturated carbocycles. The number of anilines is 2. The average molecular weight is 551 g/mol. The summed E-state index contributed by atoms with van der Waals surface area (Å²) in [5, 5.41) is 11.3. The molecule has 0 bridgehead atoms. The monoisotopic (exact) mass is 550 g/mol. The van der Waals surface area contributed by atoms with Gasteiger partial charge in [0, 0.05) is 22.1 Å². The summed E-state index contributed by atoms with van der Waals surface area (Å²) < 4.78 is 16.7. The number of hydrogen-bond donors (Lipinski definition) is 2. The SMILES string of the molecule is CC1=C(C(=O)Nc2cccnc2)[C@@H](c2cccc(Br)c2)n2nc(SCc3ccccc3F)nc2N1. The third-order valence-corrected chi connectivity index (χ3v) is 6.86. The van der Waals surface area contributed by atoms with Crippen LogP contribution in [-0.2, 0) is 10.5 Å². The third-order valence-electron chi connectivity index (χ3n) is 5.48. The van der Waals surface area contributed by atoms with Gasteiger partial charge in [-0.05, 0) is 48.4 Å². The van der Waals surface area contributed by atoms with Crippen LogP contribution in [0.5, 0.6) is 0 Å². The number of pyridine rings is 1. The van der Waals surface area contributed by atoms with Gasteiger partial charge in [0.05, 0.1) is 17.5 Å². The molecule has 5 rings (SSSR count). The van der Waals surface area contributed by atoms with Gasteiger partial charge in [-0.2, -0.15) is 4.98 Å². The molecule has 3 heterocycles. The Morgan fingerprint density at radius 2 is 2.06 bits per heavy atom. The topological polar surface area (TPSA) is 84.7 Å². The minimum absolute atomic E-state index is 0.263. The molecular weight excluding hydrogens is 531 g/mol. The molecule has 176 valence electrons. The molecule has 4 aromatic rings. The van der Waals surface area contributed by atoms with Crippen molar-refractivity contribution < 1.29 is 9.18 Å². The number of nitrogens with zero attached hydrogens (tertiary/aromatic N) is 4. The largest absolute Gasteiger partial charge is 0.328 e. The lowest BCUT2D eigenvalue weighted by atomic mass is 9.95. The van der Waals surface area contributed by atoms with Crippen molar-refractivity contribution in [3.63, 3.8) is 0 Å². The van der Waals surface area contributed by atoms with Crippen LogP contribution >= 0.6 is 27.7 Å². The zero-order valence-corrected chi connectivity index (χ0v) is 21.0. The molecule has 10 heteroatoms. The molecule has 2 N–H and O–H groups in total. The van der Waals surface area contributed by atoms with E-state index in [0.717, 1.165) is 10.0 Å². The number of thioether (sulfide) groups is 1. The van der Waals surface area contributed by atoms with Gasteiger partial charge in [-0.1, -0.05) is 58.0 Å². The van der Waals surface area contributed by atoms with Gasteiger partial charge < -0.3 is 10.6 Å². The second-order valence-corrected chi connectivity index (χ2v) is 9.72. The highest BCUT2D eigenvalue weighted by Crippen LogP contribution is 2.37. The Bertz CT molecular complexity index is 1420. The molecule has 2 aromatic carbocycles. The summed E-state index contributed by atoms with van der Waals surface area (Å²) in [7, 11) is 0. The van der Waals surface area contributed by atoms with E-state index in [1.165, 1.54) is 17.8 Å². The number of aromatic nitrogens is 4. The number of allylic oxidation sites excluding steroid dienone is 1. The van der Waals surface area contributed by atoms with Gasteiger partial charge in [-0.3, -0.25) is 9.78 Å². The molecule has 1 atom stereocenters. The zero-order valence-electron chi connectivity index (χ0n) is 18.6. The van der Waals surface area contributed by atoms with Crippen molar-refractivity contribution in [1.82, 2.24) is 19.7 Å². The number of hydrogen-bond acceptors (Lipinski definition) is 6. The van der Waals surface area contributed by atoms with E-state index in [-0.39, 0.29) is 11.7 Å². The van der Waals surface area contributed by atoms with Crippen LogP contribution in [0.4, 0.5) is 16.0 Å². The van der Waals surface area contributed by atoms with Gasteiger partial charge in [0.25, 0.3) is 5.91 Å². The second kappa shape index (κ2) is 10.0. The average Bonchev–Trinajstić information content (AvgIpc) is 3.25. The number of fused-ring (bicyclic) bond motifs is 1. The predicted octanol–water partition coefficient (Wildman–Crippen LogP) is 5.79. The van der Waals surface area contributed by atoms with Crippen LogP contribution in [0.2, 0.25) is 0 Å². The minimum Gasteiger partial charge on any atom is -0.328 e. The van der Waals surface area contributed by atoms with E-state index >= 15 is 0 Å². The van der Waals surface area contributed by atoms with Gasteiger partial charge in [0.15, 0.2) is 0 Å². The Labute approximate surface area is 214 Å². The molecule has 0 unspecified atom stereocenters. The van der Waals surface area contributed by atoms with Crippen molar-refractivity contribution in [3.8, 4) is 0 Å². The van der Waals surface area contributed by atoms with Crippen LogP contribution in [0.25, 0.3) is 0 Å². The number of rotatable bonds is 6. The molecular formula is C25H20BrFN6OS. The highest BCUT2D eigenvalue weighted by atomic mass is 79.9. The van der Waals surface area contributed by atoms with E-state index in [4.69, 9.17) is 5.10 Å². The summed E-state index contributed by atoms with van der Waals surface area (Å²) in [5.74, 6) is 0.371. The number of amides is 1. The van der Waals surface area contributed by atoms with E-state index in [2.05, 4.69) is 36.5 Å². The van der Waals surface area contributed by atoms with Crippen LogP contribution in [0.1, 0.15) is 24.1 Å². The molecule has 0 fully saturated rings. The van der Waals surface area contributed by atoms with Crippen molar-refractivity contribution in [2.24, 2.45) is 0 Å². The standard InChI is InChI=1S/C25H20BrFN6OS/c1-15-21(23(34)30-19-9-5-11-28-13-19)22(16-7-4-8-18(26)12-16)33-24(29-15)31-25(32-33)35-14-17-6-2-3-10-20(17)27/h2-13,22H,14H2,1H3,(H,30,34)(H,29,31,32)/t22-/m1/s1. The van der Waals surface area contributed by atoms with E-state index < -0.39 is 6.04 Å². The van der Waals surface area contributed by atoms with E-state index in [1.54, 1.807) is 47.4 Å². The predicted molar refractivity (Wildman–Crippen MR) is 137 cm³/mol. The molecule has 7 nitrogen and oxygen atoms in total. The molecule has 0 saturated heterocycles. The maximum atomic E-state index is 14.1. The fourth-order valence-electron chi connectivity index (χ4n) is 3.86. The lowest BCUT2D eigenvalue weighted by molar-refractivity contribution is -0.113. The van der Waals surface area contributed by atoms with Crippen LogP contribution in [0.3, 0.4) is 0 Å². The molecule has 0 radical (unpaired) electrons. The quantitative estimate of drug-likeness (QED) is 0.295. The van der Waals surface area contributed by atoms with Crippen molar-refractivity contribution >= 4 is 45.2 Å². The van der Waals surface area contributed by atoms with Gasteiger partial charge in [-0.25, -0.2) is 9.07 Å². The molecule has 0 aliphatic carbocycles. The fraction of sp³-hybridized carbons (Fsp3) is 0.120. The highest BCUT2D eigenvalue weighted by molar-refractivity contribution is 9.10. The number of carbonyl (C=O) groups is 1. The molecule has 2 aromatic heterocycles. The lowest BCUT2D eigenvalue weighted by Gasteiger charge is -2.28. The second-order valence-electron chi connectivity index (χ2n) is 7.86. The third kappa shape index (κ3) is 4.98. The normalized spacial score (nSPS) is 14.9. The van der Waals surface area contributed by atoms with E-state index in [0.29, 0.717) is 39.4 Å². The van der Waals surface area contributed by atoms with Gasteiger partial charge >= 0.3 is 0 Å². The molecule has 1 amide bonds. The zero-order chi connectivity index (χ0) is 24.4. The van der Waals surface area contributed by atoms with Crippen molar-refractivity contribution in [2.45, 2.75) is 23.9 Å². The first-order chi connectivity index (χ1) is 17.0. The highest BCUT2D eigenvalue weighted by Gasteiger charge is 2.34. The van der Waals surface area contributed by atoms with E-state index in [9.17, 15) is 9.18 Å². The molecule has 1 aliphatic rings. The smallest absolute Gasteiger partial charge is 0.255 e. The summed E-state index contributed by atoms with van der Waals surface area (Å²) in [4.78, 5) is 22.1. The van der Waals surface area contributed by atoms with Gasteiger partial charge in [-0.15, -0.1) is 5.10 Å². The summed E-state index contributed by atoms with van der Waals surface area (Å²) in [5.41, 5.74) is 3.22. The van der Waals surface area contributed by atoms with Crippen molar-refractivity contribution in [1.29, 1.82) is 0 Å². The molecule has 35 heavy (non-hydrogen) atoms. The van der Waals surface area contributed by atoms with Crippen molar-refractivity contribution in [2.75, 3.05) is 10.6 Å². The Morgan fingerprint density at radius 3 is 2.83 bits per heavy atom. The minimum atomic E-state index is -0.518. The maximum Gasteiger partial charge on any atom is 0.255 e.